The Morgan fingerprint density at radius 1 is 1.56 bits per heavy atom. The molecule has 0 bridgehead atoms. The summed E-state index contributed by atoms with van der Waals surface area (Å²) in [6.45, 7) is 5.63. The van der Waals surface area contributed by atoms with Crippen molar-refractivity contribution < 1.29 is 0 Å². The van der Waals surface area contributed by atoms with E-state index in [1.165, 1.54) is 35.5 Å². The van der Waals surface area contributed by atoms with Gasteiger partial charge in [0.1, 0.15) is 0 Å². The monoisotopic (exact) mass is 261 g/mol. The summed E-state index contributed by atoms with van der Waals surface area (Å²) in [6.07, 6.45) is 4.51. The highest BCUT2D eigenvalue weighted by Crippen LogP contribution is 2.28. The van der Waals surface area contributed by atoms with Crippen LogP contribution in [0.5, 0.6) is 0 Å². The maximum absolute atomic E-state index is 4.16. The Bertz CT molecular complexity index is 489. The van der Waals surface area contributed by atoms with Crippen molar-refractivity contribution in [1.82, 2.24) is 15.1 Å². The van der Waals surface area contributed by atoms with Gasteiger partial charge >= 0.3 is 0 Å². The largest absolute Gasteiger partial charge is 0.298 e. The Labute approximate surface area is 112 Å². The van der Waals surface area contributed by atoms with Crippen LogP contribution < -0.4 is 0 Å². The molecule has 0 spiro atoms. The molecule has 1 unspecified atom stereocenters. The van der Waals surface area contributed by atoms with Crippen molar-refractivity contribution in [2.45, 2.75) is 32.2 Å². The van der Waals surface area contributed by atoms with Crippen LogP contribution in [0.3, 0.4) is 0 Å². The predicted molar refractivity (Wildman–Crippen MR) is 74.9 cm³/mol. The van der Waals surface area contributed by atoms with Gasteiger partial charge in [-0.15, -0.1) is 11.3 Å². The molecule has 0 saturated carbocycles. The summed E-state index contributed by atoms with van der Waals surface area (Å²) in [5.41, 5.74) is 2.64. The number of likely N-dealkylation sites (tertiary alicyclic amines) is 1. The number of rotatable bonds is 3. The van der Waals surface area contributed by atoms with Crippen LogP contribution >= 0.6 is 11.3 Å². The molecular formula is C14H19N3S. The third kappa shape index (κ3) is 2.49. The summed E-state index contributed by atoms with van der Waals surface area (Å²) in [6, 6.07) is 4.37. The quantitative estimate of drug-likeness (QED) is 0.920. The second-order valence-electron chi connectivity index (χ2n) is 5.12. The zero-order chi connectivity index (χ0) is 12.4. The second kappa shape index (κ2) is 5.24. The molecule has 1 atom stereocenters. The Kier molecular flexibility index (Phi) is 3.48. The van der Waals surface area contributed by atoms with E-state index in [4.69, 9.17) is 0 Å². The first-order valence-electron chi connectivity index (χ1n) is 6.57. The Hall–Kier alpha value is -1.13. The number of aromatic nitrogens is 2. The standard InChI is InChI=1S/C14H19N3S/c1-11-8-15-16-14(11)12-4-2-6-17(9-12)10-13-5-3-7-18-13/h3,5,7-8,12H,2,4,6,9-10H2,1H3,(H,15,16). The van der Waals surface area contributed by atoms with Gasteiger partial charge in [0.15, 0.2) is 0 Å². The van der Waals surface area contributed by atoms with E-state index >= 15 is 0 Å². The molecule has 3 nitrogen and oxygen atoms in total. The van der Waals surface area contributed by atoms with Gasteiger partial charge in [0.05, 0.1) is 6.20 Å². The van der Waals surface area contributed by atoms with Crippen LogP contribution in [0.25, 0.3) is 0 Å². The summed E-state index contributed by atoms with van der Waals surface area (Å²) >= 11 is 1.86. The SMILES string of the molecule is Cc1cn[nH]c1C1CCCN(Cc2cccs2)C1. The van der Waals surface area contributed by atoms with Crippen LogP contribution in [0.15, 0.2) is 23.7 Å². The maximum Gasteiger partial charge on any atom is 0.0519 e. The molecule has 1 saturated heterocycles. The van der Waals surface area contributed by atoms with Gasteiger partial charge in [-0.1, -0.05) is 6.07 Å². The van der Waals surface area contributed by atoms with Gasteiger partial charge in [0.25, 0.3) is 0 Å². The Morgan fingerprint density at radius 3 is 3.22 bits per heavy atom. The van der Waals surface area contributed by atoms with E-state index in [0.717, 1.165) is 13.1 Å². The Morgan fingerprint density at radius 2 is 2.50 bits per heavy atom. The fraction of sp³-hybridized carbons (Fsp3) is 0.500. The topological polar surface area (TPSA) is 31.9 Å². The van der Waals surface area contributed by atoms with Crippen LogP contribution in [0.1, 0.15) is 34.9 Å². The molecule has 0 aromatic carbocycles. The number of nitrogens with one attached hydrogen (secondary N) is 1. The van der Waals surface area contributed by atoms with E-state index in [-0.39, 0.29) is 0 Å². The molecule has 1 fully saturated rings. The number of piperidine rings is 1. The first kappa shape index (κ1) is 11.9. The molecule has 18 heavy (non-hydrogen) atoms. The summed E-state index contributed by atoms with van der Waals surface area (Å²) in [5, 5.41) is 9.50. The first-order valence-corrected chi connectivity index (χ1v) is 7.45. The van der Waals surface area contributed by atoms with E-state index in [9.17, 15) is 0 Å². The fourth-order valence-corrected chi connectivity index (χ4v) is 3.57. The number of aryl methyl sites for hydroxylation is 1. The number of nitrogens with zero attached hydrogens (tertiary/aromatic N) is 2. The lowest BCUT2D eigenvalue weighted by Crippen LogP contribution is -2.34. The van der Waals surface area contributed by atoms with Gasteiger partial charge in [-0.25, -0.2) is 0 Å². The fourth-order valence-electron chi connectivity index (χ4n) is 2.83. The van der Waals surface area contributed by atoms with E-state index in [2.05, 4.69) is 39.5 Å². The van der Waals surface area contributed by atoms with Crippen molar-refractivity contribution in [3.8, 4) is 0 Å². The molecular weight excluding hydrogens is 242 g/mol. The molecule has 1 aliphatic rings. The van der Waals surface area contributed by atoms with Crippen LogP contribution in [0, 0.1) is 6.92 Å². The van der Waals surface area contributed by atoms with E-state index in [1.807, 2.05) is 17.5 Å². The van der Waals surface area contributed by atoms with Crippen molar-refractivity contribution in [3.05, 3.63) is 39.8 Å². The number of thiophene rings is 1. The van der Waals surface area contributed by atoms with Gasteiger partial charge in [0, 0.05) is 29.6 Å². The molecule has 3 heterocycles. The third-order valence-corrected chi connectivity index (χ3v) is 4.60. The lowest BCUT2D eigenvalue weighted by atomic mass is 9.93. The molecule has 0 amide bonds. The molecule has 4 heteroatoms. The summed E-state index contributed by atoms with van der Waals surface area (Å²) in [7, 11) is 0. The molecule has 2 aromatic heterocycles. The number of hydrogen-bond donors (Lipinski definition) is 1. The van der Waals surface area contributed by atoms with Crippen molar-refractivity contribution in [2.75, 3.05) is 13.1 Å². The van der Waals surface area contributed by atoms with Crippen LogP contribution in [-0.4, -0.2) is 28.2 Å². The third-order valence-electron chi connectivity index (χ3n) is 3.74. The lowest BCUT2D eigenvalue weighted by molar-refractivity contribution is 0.200. The average molecular weight is 261 g/mol. The summed E-state index contributed by atoms with van der Waals surface area (Å²) < 4.78 is 0. The van der Waals surface area contributed by atoms with Gasteiger partial charge in [-0.2, -0.15) is 5.10 Å². The lowest BCUT2D eigenvalue weighted by Gasteiger charge is -2.32. The van der Waals surface area contributed by atoms with Crippen LogP contribution in [0.2, 0.25) is 0 Å². The van der Waals surface area contributed by atoms with E-state index in [0.29, 0.717) is 5.92 Å². The van der Waals surface area contributed by atoms with Gasteiger partial charge in [-0.05, 0) is 43.3 Å². The number of aromatic amines is 1. The van der Waals surface area contributed by atoms with Gasteiger partial charge in [-0.3, -0.25) is 10.00 Å². The smallest absolute Gasteiger partial charge is 0.0519 e. The van der Waals surface area contributed by atoms with Crippen molar-refractivity contribution in [1.29, 1.82) is 0 Å². The highest BCUT2D eigenvalue weighted by Gasteiger charge is 2.23. The minimum atomic E-state index is 0.626. The highest BCUT2D eigenvalue weighted by atomic mass is 32.1. The molecule has 0 radical (unpaired) electrons. The van der Waals surface area contributed by atoms with E-state index < -0.39 is 0 Å². The van der Waals surface area contributed by atoms with Gasteiger partial charge < -0.3 is 0 Å². The predicted octanol–water partition coefficient (Wildman–Crippen LogP) is 3.16. The van der Waals surface area contributed by atoms with E-state index in [1.54, 1.807) is 0 Å². The Balaban J connectivity index is 1.67. The van der Waals surface area contributed by atoms with Crippen molar-refractivity contribution in [3.63, 3.8) is 0 Å². The second-order valence-corrected chi connectivity index (χ2v) is 6.15. The highest BCUT2D eigenvalue weighted by molar-refractivity contribution is 7.09. The molecule has 2 aromatic rings. The van der Waals surface area contributed by atoms with Crippen LogP contribution in [-0.2, 0) is 6.54 Å². The zero-order valence-corrected chi connectivity index (χ0v) is 11.5. The number of H-pyrrole nitrogens is 1. The summed E-state index contributed by atoms with van der Waals surface area (Å²) in [4.78, 5) is 4.04. The minimum absolute atomic E-state index is 0.626. The molecule has 0 aliphatic carbocycles. The normalized spacial score (nSPS) is 21.3. The average Bonchev–Trinajstić information content (AvgIpc) is 3.01. The molecule has 3 rings (SSSR count). The zero-order valence-electron chi connectivity index (χ0n) is 10.7. The van der Waals surface area contributed by atoms with Crippen molar-refractivity contribution >= 4 is 11.3 Å². The molecule has 96 valence electrons. The first-order chi connectivity index (χ1) is 8.83. The minimum Gasteiger partial charge on any atom is -0.298 e. The van der Waals surface area contributed by atoms with Crippen LogP contribution in [0.4, 0.5) is 0 Å². The maximum atomic E-state index is 4.16. The van der Waals surface area contributed by atoms with Crippen molar-refractivity contribution in [2.24, 2.45) is 0 Å². The molecule has 1 aliphatic heterocycles. The molecule has 1 N–H and O–H groups in total. The summed E-state index contributed by atoms with van der Waals surface area (Å²) in [5.74, 6) is 0.626. The van der Waals surface area contributed by atoms with Gasteiger partial charge in [0.2, 0.25) is 0 Å². The number of hydrogen-bond acceptors (Lipinski definition) is 3.